The van der Waals surface area contributed by atoms with Crippen molar-refractivity contribution in [3.8, 4) is 11.5 Å². The summed E-state index contributed by atoms with van der Waals surface area (Å²) in [4.78, 5) is 4.14. The molecule has 2 rings (SSSR count). The molecule has 0 bridgehead atoms. The number of methoxy groups -OCH3 is 2. The first-order valence-corrected chi connectivity index (χ1v) is 6.29. The van der Waals surface area contributed by atoms with Gasteiger partial charge in [0.2, 0.25) is 0 Å². The molecule has 0 spiro atoms. The van der Waals surface area contributed by atoms with Gasteiger partial charge in [0.05, 0.1) is 20.3 Å². The highest BCUT2D eigenvalue weighted by Gasteiger charge is 2.11. The molecule has 0 amide bonds. The molecular weight excluding hydrogens is 256 g/mol. The molecule has 20 heavy (non-hydrogen) atoms. The monoisotopic (exact) mass is 274 g/mol. The van der Waals surface area contributed by atoms with E-state index in [1.807, 2.05) is 18.2 Å². The van der Waals surface area contributed by atoms with Crippen molar-refractivity contribution in [2.45, 2.75) is 6.10 Å². The number of aromatic nitrogens is 1. The van der Waals surface area contributed by atoms with Crippen LogP contribution in [-0.4, -0.2) is 30.9 Å². The zero-order valence-electron chi connectivity index (χ0n) is 11.5. The van der Waals surface area contributed by atoms with Crippen LogP contribution in [0.15, 0.2) is 42.6 Å². The smallest absolute Gasteiger partial charge is 0.125 e. The second-order valence-corrected chi connectivity index (χ2v) is 4.26. The van der Waals surface area contributed by atoms with Gasteiger partial charge in [0, 0.05) is 18.8 Å². The van der Waals surface area contributed by atoms with Crippen molar-refractivity contribution in [3.05, 3.63) is 48.2 Å². The first kappa shape index (κ1) is 14.1. The molecule has 1 atom stereocenters. The first-order valence-electron chi connectivity index (χ1n) is 6.29. The number of nitrogens with zero attached hydrogens (tertiary/aromatic N) is 1. The first-order chi connectivity index (χ1) is 9.72. The van der Waals surface area contributed by atoms with Crippen molar-refractivity contribution in [1.82, 2.24) is 4.98 Å². The Kier molecular flexibility index (Phi) is 4.79. The molecular formula is C15H18N2O3. The Morgan fingerprint density at radius 3 is 2.40 bits per heavy atom. The number of benzene rings is 1. The molecule has 2 aromatic rings. The van der Waals surface area contributed by atoms with Crippen LogP contribution in [0.25, 0.3) is 0 Å². The Hall–Kier alpha value is -2.27. The predicted molar refractivity (Wildman–Crippen MR) is 77.2 cm³/mol. The minimum Gasteiger partial charge on any atom is -0.497 e. The number of aliphatic hydroxyl groups is 1. The Labute approximate surface area is 118 Å². The minimum atomic E-state index is -0.680. The maximum atomic E-state index is 10.2. The summed E-state index contributed by atoms with van der Waals surface area (Å²) >= 11 is 0. The maximum absolute atomic E-state index is 10.2. The summed E-state index contributed by atoms with van der Waals surface area (Å²) < 4.78 is 10.4. The summed E-state index contributed by atoms with van der Waals surface area (Å²) in [5.41, 5.74) is 0.727. The SMILES string of the molecule is COc1cc(OC)cc(C(O)CNc2ccccn2)c1. The van der Waals surface area contributed by atoms with Crippen molar-refractivity contribution in [3.63, 3.8) is 0 Å². The molecule has 1 aromatic carbocycles. The number of ether oxygens (including phenoxy) is 2. The molecule has 0 saturated carbocycles. The van der Waals surface area contributed by atoms with E-state index >= 15 is 0 Å². The lowest BCUT2D eigenvalue weighted by Crippen LogP contribution is -2.13. The van der Waals surface area contributed by atoms with Gasteiger partial charge in [-0.3, -0.25) is 0 Å². The molecule has 106 valence electrons. The third kappa shape index (κ3) is 3.61. The van der Waals surface area contributed by atoms with E-state index in [1.54, 1.807) is 38.6 Å². The van der Waals surface area contributed by atoms with Crippen molar-refractivity contribution < 1.29 is 14.6 Å². The molecule has 0 radical (unpaired) electrons. The van der Waals surface area contributed by atoms with Crippen LogP contribution in [0.4, 0.5) is 5.82 Å². The molecule has 1 heterocycles. The number of aliphatic hydroxyl groups excluding tert-OH is 1. The quantitative estimate of drug-likeness (QED) is 0.846. The molecule has 0 aliphatic carbocycles. The van der Waals surface area contributed by atoms with Gasteiger partial charge in [0.1, 0.15) is 17.3 Å². The average Bonchev–Trinajstić information content (AvgIpc) is 2.52. The third-order valence-electron chi connectivity index (χ3n) is 2.90. The van der Waals surface area contributed by atoms with Gasteiger partial charge in [-0.15, -0.1) is 0 Å². The number of rotatable bonds is 6. The lowest BCUT2D eigenvalue weighted by molar-refractivity contribution is 0.190. The fourth-order valence-electron chi connectivity index (χ4n) is 1.81. The van der Waals surface area contributed by atoms with Gasteiger partial charge in [-0.05, 0) is 29.8 Å². The molecule has 0 fully saturated rings. The summed E-state index contributed by atoms with van der Waals surface area (Å²) in [5, 5.41) is 13.3. The fraction of sp³-hybridized carbons (Fsp3) is 0.267. The summed E-state index contributed by atoms with van der Waals surface area (Å²) in [6, 6.07) is 10.9. The lowest BCUT2D eigenvalue weighted by Gasteiger charge is -2.15. The van der Waals surface area contributed by atoms with E-state index in [-0.39, 0.29) is 0 Å². The molecule has 0 aliphatic heterocycles. The van der Waals surface area contributed by atoms with E-state index in [0.717, 1.165) is 11.4 Å². The summed E-state index contributed by atoms with van der Waals surface area (Å²) in [6.45, 7) is 0.354. The molecule has 0 aliphatic rings. The summed E-state index contributed by atoms with van der Waals surface area (Å²) in [5.74, 6) is 2.02. The van der Waals surface area contributed by atoms with Crippen LogP contribution in [0, 0.1) is 0 Å². The second kappa shape index (κ2) is 6.77. The van der Waals surface area contributed by atoms with E-state index < -0.39 is 6.10 Å². The second-order valence-electron chi connectivity index (χ2n) is 4.26. The van der Waals surface area contributed by atoms with Gasteiger partial charge in [-0.2, -0.15) is 0 Å². The molecule has 1 aromatic heterocycles. The van der Waals surface area contributed by atoms with Gasteiger partial charge in [0.15, 0.2) is 0 Å². The molecule has 2 N–H and O–H groups in total. The van der Waals surface area contributed by atoms with Gasteiger partial charge in [0.25, 0.3) is 0 Å². The Balaban J connectivity index is 2.06. The predicted octanol–water partition coefficient (Wildman–Crippen LogP) is 2.24. The topological polar surface area (TPSA) is 63.6 Å². The van der Waals surface area contributed by atoms with Crippen LogP contribution in [-0.2, 0) is 0 Å². The molecule has 5 heteroatoms. The maximum Gasteiger partial charge on any atom is 0.125 e. The highest BCUT2D eigenvalue weighted by Crippen LogP contribution is 2.26. The molecule has 5 nitrogen and oxygen atoms in total. The Morgan fingerprint density at radius 1 is 1.15 bits per heavy atom. The number of hydrogen-bond acceptors (Lipinski definition) is 5. The van der Waals surface area contributed by atoms with Crippen LogP contribution >= 0.6 is 0 Å². The van der Waals surface area contributed by atoms with Gasteiger partial charge in [-0.25, -0.2) is 4.98 Å². The van der Waals surface area contributed by atoms with Gasteiger partial charge in [-0.1, -0.05) is 6.07 Å². The zero-order valence-corrected chi connectivity index (χ0v) is 11.5. The third-order valence-corrected chi connectivity index (χ3v) is 2.90. The van der Waals surface area contributed by atoms with Crippen LogP contribution in [0.5, 0.6) is 11.5 Å². The van der Waals surface area contributed by atoms with Crippen LogP contribution < -0.4 is 14.8 Å². The average molecular weight is 274 g/mol. The standard InChI is InChI=1S/C15H18N2O3/c1-19-12-7-11(8-13(9-12)20-2)14(18)10-17-15-5-3-4-6-16-15/h3-9,14,18H,10H2,1-2H3,(H,16,17). The summed E-state index contributed by atoms with van der Waals surface area (Å²) in [7, 11) is 3.16. The summed E-state index contributed by atoms with van der Waals surface area (Å²) in [6.07, 6.45) is 1.02. The van der Waals surface area contributed by atoms with Crippen LogP contribution in [0.2, 0.25) is 0 Å². The Morgan fingerprint density at radius 2 is 1.85 bits per heavy atom. The molecule has 1 unspecified atom stereocenters. The zero-order chi connectivity index (χ0) is 14.4. The number of nitrogens with one attached hydrogen (secondary N) is 1. The normalized spacial score (nSPS) is 11.8. The number of hydrogen-bond donors (Lipinski definition) is 2. The fourth-order valence-corrected chi connectivity index (χ4v) is 1.81. The van der Waals surface area contributed by atoms with Crippen molar-refractivity contribution in [1.29, 1.82) is 0 Å². The minimum absolute atomic E-state index is 0.354. The van der Waals surface area contributed by atoms with Crippen molar-refractivity contribution >= 4 is 5.82 Å². The van der Waals surface area contributed by atoms with E-state index in [9.17, 15) is 5.11 Å². The molecule has 0 saturated heterocycles. The van der Waals surface area contributed by atoms with E-state index in [2.05, 4.69) is 10.3 Å². The van der Waals surface area contributed by atoms with Crippen molar-refractivity contribution in [2.75, 3.05) is 26.1 Å². The van der Waals surface area contributed by atoms with Gasteiger partial charge >= 0.3 is 0 Å². The van der Waals surface area contributed by atoms with Crippen LogP contribution in [0.3, 0.4) is 0 Å². The van der Waals surface area contributed by atoms with E-state index in [4.69, 9.17) is 9.47 Å². The van der Waals surface area contributed by atoms with Crippen molar-refractivity contribution in [2.24, 2.45) is 0 Å². The lowest BCUT2D eigenvalue weighted by atomic mass is 10.1. The number of anilines is 1. The largest absolute Gasteiger partial charge is 0.497 e. The highest BCUT2D eigenvalue weighted by molar-refractivity contribution is 5.40. The van der Waals surface area contributed by atoms with E-state index in [1.165, 1.54) is 0 Å². The number of pyridine rings is 1. The van der Waals surface area contributed by atoms with Gasteiger partial charge < -0.3 is 19.9 Å². The highest BCUT2D eigenvalue weighted by atomic mass is 16.5. The van der Waals surface area contributed by atoms with Crippen LogP contribution in [0.1, 0.15) is 11.7 Å². The van der Waals surface area contributed by atoms with E-state index in [0.29, 0.717) is 18.0 Å². The Bertz CT molecular complexity index is 524.